The van der Waals surface area contributed by atoms with Gasteiger partial charge in [-0.3, -0.25) is 4.79 Å². The molecule has 2 heterocycles. The summed E-state index contributed by atoms with van der Waals surface area (Å²) in [5, 5.41) is 13.5. The number of hydrogen-bond acceptors (Lipinski definition) is 5. The van der Waals surface area contributed by atoms with E-state index in [1.165, 1.54) is 22.5 Å². The minimum Gasteiger partial charge on any atom is -0.411 e. The molecule has 36 heavy (non-hydrogen) atoms. The maximum atomic E-state index is 11.8. The van der Waals surface area contributed by atoms with Crippen LogP contribution in [0.2, 0.25) is 0 Å². The predicted molar refractivity (Wildman–Crippen MR) is 142 cm³/mol. The van der Waals surface area contributed by atoms with Gasteiger partial charge >= 0.3 is 0 Å². The summed E-state index contributed by atoms with van der Waals surface area (Å²) < 4.78 is 26.7. The number of sulfonamides is 1. The van der Waals surface area contributed by atoms with Crippen LogP contribution in [0.3, 0.4) is 0 Å². The van der Waals surface area contributed by atoms with E-state index in [9.17, 15) is 18.4 Å². The third-order valence-corrected chi connectivity index (χ3v) is 8.54. The molecule has 0 unspecified atom stereocenters. The lowest BCUT2D eigenvalue weighted by Gasteiger charge is -2.30. The van der Waals surface area contributed by atoms with Gasteiger partial charge in [-0.1, -0.05) is 53.7 Å². The number of pyridine rings is 1. The van der Waals surface area contributed by atoms with E-state index < -0.39 is 10.0 Å². The summed E-state index contributed by atoms with van der Waals surface area (Å²) in [6, 6.07) is 19.9. The van der Waals surface area contributed by atoms with Gasteiger partial charge in [-0.15, -0.1) is 0 Å². The molecule has 0 saturated carbocycles. The minimum atomic E-state index is -3.14. The summed E-state index contributed by atoms with van der Waals surface area (Å²) in [4.78, 5) is 11.8. The van der Waals surface area contributed by atoms with Crippen LogP contribution in [0, 0.1) is 6.92 Å². The second-order valence-corrected chi connectivity index (χ2v) is 11.6. The van der Waals surface area contributed by atoms with Gasteiger partial charge in [0.05, 0.1) is 12.0 Å². The van der Waals surface area contributed by atoms with Crippen LogP contribution >= 0.6 is 0 Å². The summed E-state index contributed by atoms with van der Waals surface area (Å²) in [6.07, 6.45) is 5.04. The average Bonchev–Trinajstić information content (AvgIpc) is 2.87. The fraction of sp³-hybridized carbons (Fsp3) is 0.357. The molecule has 7 nitrogen and oxygen atoms in total. The SMILES string of the molecule is Cc1ccccc1[C@H](CC(=NO)c1ccc(=O)n(C)c1)c1ccc(C2CCN(S(C)(=O)=O)CC2)cc1. The summed E-state index contributed by atoms with van der Waals surface area (Å²) in [5.74, 6) is 0.282. The molecule has 2 aromatic carbocycles. The number of oxime groups is 1. The van der Waals surface area contributed by atoms with Crippen LogP contribution in [0.1, 0.15) is 58.9 Å². The highest BCUT2D eigenvalue weighted by atomic mass is 32.2. The quantitative estimate of drug-likeness (QED) is 0.294. The minimum absolute atomic E-state index is 0.0459. The first kappa shape index (κ1) is 25.9. The van der Waals surface area contributed by atoms with Gasteiger partial charge < -0.3 is 9.77 Å². The molecular formula is C28H33N3O4S. The zero-order chi connectivity index (χ0) is 25.9. The topological polar surface area (TPSA) is 92.0 Å². The van der Waals surface area contributed by atoms with E-state index in [0.717, 1.165) is 29.5 Å². The van der Waals surface area contributed by atoms with Gasteiger partial charge in [-0.05, 0) is 54.0 Å². The second-order valence-electron chi connectivity index (χ2n) is 9.63. The first-order valence-corrected chi connectivity index (χ1v) is 14.0. The zero-order valence-corrected chi connectivity index (χ0v) is 21.8. The van der Waals surface area contributed by atoms with Crippen molar-refractivity contribution in [2.45, 2.75) is 38.0 Å². The van der Waals surface area contributed by atoms with E-state index in [-0.39, 0.29) is 11.5 Å². The molecule has 8 heteroatoms. The maximum absolute atomic E-state index is 11.8. The largest absolute Gasteiger partial charge is 0.411 e. The van der Waals surface area contributed by atoms with Crippen LogP contribution < -0.4 is 5.56 Å². The fourth-order valence-electron chi connectivity index (χ4n) is 5.08. The number of aromatic nitrogens is 1. The van der Waals surface area contributed by atoms with Crippen molar-refractivity contribution in [3.8, 4) is 0 Å². The van der Waals surface area contributed by atoms with Crippen molar-refractivity contribution in [2.24, 2.45) is 12.2 Å². The number of piperidine rings is 1. The van der Waals surface area contributed by atoms with E-state index >= 15 is 0 Å². The van der Waals surface area contributed by atoms with E-state index in [1.807, 2.05) is 12.1 Å². The number of rotatable bonds is 7. The zero-order valence-electron chi connectivity index (χ0n) is 21.0. The normalized spacial score (nSPS) is 16.7. The number of benzene rings is 2. The lowest BCUT2D eigenvalue weighted by Crippen LogP contribution is -2.37. The molecule has 1 aromatic heterocycles. The number of hydrogen-bond donors (Lipinski definition) is 1. The highest BCUT2D eigenvalue weighted by molar-refractivity contribution is 7.88. The summed E-state index contributed by atoms with van der Waals surface area (Å²) in [7, 11) is -1.46. The molecule has 190 valence electrons. The molecule has 3 aromatic rings. The van der Waals surface area contributed by atoms with Crippen LogP contribution in [0.15, 0.2) is 76.8 Å². The monoisotopic (exact) mass is 507 g/mol. The van der Waals surface area contributed by atoms with Crippen LogP contribution in [0.4, 0.5) is 0 Å². The Bertz CT molecular complexity index is 1400. The van der Waals surface area contributed by atoms with Crippen molar-refractivity contribution in [1.82, 2.24) is 8.87 Å². The van der Waals surface area contributed by atoms with Crippen molar-refractivity contribution in [3.63, 3.8) is 0 Å². The lowest BCUT2D eigenvalue weighted by molar-refractivity contribution is 0.317. The van der Waals surface area contributed by atoms with Crippen molar-refractivity contribution < 1.29 is 13.6 Å². The van der Waals surface area contributed by atoms with E-state index in [1.54, 1.807) is 23.6 Å². The smallest absolute Gasteiger partial charge is 0.250 e. The Morgan fingerprint density at radius 1 is 1.06 bits per heavy atom. The standard InChI is InChI=1S/C28H33N3O4S/c1-20-6-4-5-7-25(20)26(18-27(29-33)24-12-13-28(32)30(2)19-24)23-10-8-21(9-11-23)22-14-16-31(17-15-22)36(3,34)35/h4-13,19,22,26,33H,14-18H2,1-3H3/t26-/m1/s1. The summed E-state index contributed by atoms with van der Waals surface area (Å²) in [6.45, 7) is 3.17. The molecule has 1 atom stereocenters. The van der Waals surface area contributed by atoms with E-state index in [2.05, 4.69) is 48.5 Å². The Labute approximate surface area is 212 Å². The van der Waals surface area contributed by atoms with Gasteiger partial charge in [0.1, 0.15) is 0 Å². The fourth-order valence-corrected chi connectivity index (χ4v) is 5.95. The van der Waals surface area contributed by atoms with Crippen molar-refractivity contribution in [1.29, 1.82) is 0 Å². The van der Waals surface area contributed by atoms with E-state index in [4.69, 9.17) is 0 Å². The first-order valence-electron chi connectivity index (χ1n) is 12.2. The number of aryl methyl sites for hydroxylation is 2. The van der Waals surface area contributed by atoms with Crippen LogP contribution in [-0.2, 0) is 17.1 Å². The molecular weight excluding hydrogens is 474 g/mol. The van der Waals surface area contributed by atoms with Crippen molar-refractivity contribution in [2.75, 3.05) is 19.3 Å². The molecule has 1 fully saturated rings. The molecule has 0 spiro atoms. The van der Waals surface area contributed by atoms with Gasteiger partial charge in [0.2, 0.25) is 15.6 Å². The molecule has 0 bridgehead atoms. The Hall–Kier alpha value is -3.23. The van der Waals surface area contributed by atoms with Crippen LogP contribution in [0.25, 0.3) is 0 Å². The summed E-state index contributed by atoms with van der Waals surface area (Å²) >= 11 is 0. The molecule has 4 rings (SSSR count). The van der Waals surface area contributed by atoms with E-state index in [0.29, 0.717) is 36.7 Å². The molecule has 1 aliphatic heterocycles. The number of nitrogens with zero attached hydrogens (tertiary/aromatic N) is 3. The van der Waals surface area contributed by atoms with Crippen molar-refractivity contribution >= 4 is 15.7 Å². The van der Waals surface area contributed by atoms with Gasteiger partial charge in [-0.25, -0.2) is 12.7 Å². The first-order chi connectivity index (χ1) is 17.2. The third-order valence-electron chi connectivity index (χ3n) is 7.23. The molecule has 1 saturated heterocycles. The van der Waals surface area contributed by atoms with Gasteiger partial charge in [-0.2, -0.15) is 0 Å². The second kappa shape index (κ2) is 10.8. The Kier molecular flexibility index (Phi) is 7.76. The van der Waals surface area contributed by atoms with Gasteiger partial charge in [0.25, 0.3) is 0 Å². The molecule has 1 aliphatic rings. The third kappa shape index (κ3) is 5.77. The molecule has 0 radical (unpaired) electrons. The lowest BCUT2D eigenvalue weighted by atomic mass is 9.82. The Morgan fingerprint density at radius 3 is 2.31 bits per heavy atom. The molecule has 0 amide bonds. The Balaban J connectivity index is 1.62. The highest BCUT2D eigenvalue weighted by Gasteiger charge is 2.26. The van der Waals surface area contributed by atoms with Crippen LogP contribution in [0.5, 0.6) is 0 Å². The Morgan fingerprint density at radius 2 is 1.72 bits per heavy atom. The van der Waals surface area contributed by atoms with Gasteiger partial charge in [0.15, 0.2) is 0 Å². The van der Waals surface area contributed by atoms with Gasteiger partial charge in [0, 0.05) is 50.3 Å². The van der Waals surface area contributed by atoms with Crippen LogP contribution in [-0.4, -0.2) is 47.6 Å². The molecule has 0 aliphatic carbocycles. The molecule has 1 N–H and O–H groups in total. The predicted octanol–water partition coefficient (Wildman–Crippen LogP) is 4.23. The highest BCUT2D eigenvalue weighted by Crippen LogP contribution is 2.34. The maximum Gasteiger partial charge on any atom is 0.250 e. The average molecular weight is 508 g/mol. The van der Waals surface area contributed by atoms with Crippen molar-refractivity contribution in [3.05, 3.63) is 105 Å². The summed E-state index contributed by atoms with van der Waals surface area (Å²) in [5.41, 5.74) is 5.71.